The lowest BCUT2D eigenvalue weighted by atomic mass is 10.0. The molecule has 218 valence electrons. The highest BCUT2D eigenvalue weighted by Crippen LogP contribution is 2.42. The monoisotopic (exact) mass is 599 g/mol. The van der Waals surface area contributed by atoms with Gasteiger partial charge in [-0.3, -0.25) is 9.10 Å². The van der Waals surface area contributed by atoms with Crippen molar-refractivity contribution in [3.05, 3.63) is 90.4 Å². The molecule has 1 N–H and O–H groups in total. The van der Waals surface area contributed by atoms with Crippen molar-refractivity contribution in [3.63, 3.8) is 0 Å². The first-order valence-corrected chi connectivity index (χ1v) is 15.0. The molecule has 0 unspecified atom stereocenters. The van der Waals surface area contributed by atoms with E-state index in [1.807, 2.05) is 30.5 Å². The maximum Gasteiger partial charge on any atom is 0.255 e. The van der Waals surface area contributed by atoms with Gasteiger partial charge in [0.15, 0.2) is 0 Å². The summed E-state index contributed by atoms with van der Waals surface area (Å²) in [6.45, 7) is 0. The number of hydrogen-bond donors (Lipinski definition) is 1. The number of rotatable bonds is 7. The predicted molar refractivity (Wildman–Crippen MR) is 162 cm³/mol. The molecule has 4 heterocycles. The van der Waals surface area contributed by atoms with Crippen LogP contribution in [0.1, 0.15) is 10.4 Å². The number of sulfonamides is 1. The van der Waals surface area contributed by atoms with Gasteiger partial charge in [0.2, 0.25) is 10.0 Å². The van der Waals surface area contributed by atoms with Crippen LogP contribution >= 0.6 is 0 Å². The Bertz CT molecular complexity index is 2110. The first kappa shape index (κ1) is 27.9. The molecule has 6 rings (SSSR count). The van der Waals surface area contributed by atoms with Crippen LogP contribution in [-0.2, 0) is 10.0 Å². The van der Waals surface area contributed by atoms with Crippen LogP contribution in [-0.4, -0.2) is 56.4 Å². The lowest BCUT2D eigenvalue weighted by Crippen LogP contribution is -2.25. The molecule has 0 aliphatic rings. The molecule has 43 heavy (non-hydrogen) atoms. The third-order valence-electron chi connectivity index (χ3n) is 7.17. The van der Waals surface area contributed by atoms with Crippen LogP contribution in [0.15, 0.2) is 83.4 Å². The minimum absolute atomic E-state index is 0.215. The number of nitrogens with one attached hydrogen (secondary N) is 1. The number of aromatic nitrogens is 3. The smallest absolute Gasteiger partial charge is 0.255 e. The van der Waals surface area contributed by atoms with E-state index in [1.54, 1.807) is 28.8 Å². The third-order valence-corrected chi connectivity index (χ3v) is 8.36. The number of hydrogen-bond acceptors (Lipinski definition) is 7. The number of carbonyl (C=O) groups is 1. The van der Waals surface area contributed by atoms with Gasteiger partial charge in [-0.05, 0) is 60.7 Å². The van der Waals surface area contributed by atoms with Crippen LogP contribution < -0.4 is 14.4 Å². The number of benzene rings is 2. The van der Waals surface area contributed by atoms with Crippen LogP contribution in [0.5, 0.6) is 5.75 Å². The second-order valence-electron chi connectivity index (χ2n) is 9.84. The Balaban J connectivity index is 1.64. The second-order valence-corrected chi connectivity index (χ2v) is 11.8. The van der Waals surface area contributed by atoms with Gasteiger partial charge in [0.25, 0.3) is 5.91 Å². The van der Waals surface area contributed by atoms with E-state index in [4.69, 9.17) is 14.1 Å². The molecule has 0 bridgehead atoms. The molecule has 0 saturated carbocycles. The quantitative estimate of drug-likeness (QED) is 0.262. The Hall–Kier alpha value is -5.23. The fourth-order valence-electron chi connectivity index (χ4n) is 4.93. The fraction of sp³-hybridized carbons (Fsp3) is 0.129. The van der Waals surface area contributed by atoms with Crippen LogP contribution in [0.2, 0.25) is 0 Å². The highest BCUT2D eigenvalue weighted by atomic mass is 32.2. The Kier molecular flexibility index (Phi) is 6.85. The van der Waals surface area contributed by atoms with Gasteiger partial charge < -0.3 is 14.5 Å². The summed E-state index contributed by atoms with van der Waals surface area (Å²) < 4.78 is 53.8. The zero-order valence-corrected chi connectivity index (χ0v) is 24.4. The van der Waals surface area contributed by atoms with Gasteiger partial charge in [0.1, 0.15) is 34.3 Å². The van der Waals surface area contributed by atoms with E-state index >= 15 is 0 Å². The second kappa shape index (κ2) is 10.6. The number of carbonyl (C=O) groups excluding carboxylic acids is 1. The summed E-state index contributed by atoms with van der Waals surface area (Å²) in [4.78, 5) is 18.1. The molecule has 0 atom stereocenters. The number of fused-ring (bicyclic) bond motifs is 2. The van der Waals surface area contributed by atoms with Crippen molar-refractivity contribution in [1.29, 1.82) is 0 Å². The van der Waals surface area contributed by atoms with Crippen LogP contribution in [0.3, 0.4) is 0 Å². The number of amides is 1. The summed E-state index contributed by atoms with van der Waals surface area (Å²) in [7, 11) is 0.726. The topological polar surface area (TPSA) is 119 Å². The third kappa shape index (κ3) is 4.95. The molecule has 0 saturated heterocycles. The van der Waals surface area contributed by atoms with E-state index in [2.05, 4.69) is 10.4 Å². The number of furan rings is 1. The highest BCUT2D eigenvalue weighted by molar-refractivity contribution is 7.92. The van der Waals surface area contributed by atoms with Gasteiger partial charge >= 0.3 is 0 Å². The van der Waals surface area contributed by atoms with Crippen molar-refractivity contribution in [2.24, 2.45) is 0 Å². The summed E-state index contributed by atoms with van der Waals surface area (Å²) in [6.07, 6.45) is 2.91. The average Bonchev–Trinajstić information content (AvgIpc) is 3.61. The minimum atomic E-state index is -3.73. The molecule has 0 spiro atoms. The van der Waals surface area contributed by atoms with E-state index in [0.29, 0.717) is 39.3 Å². The fourth-order valence-corrected chi connectivity index (χ4v) is 5.44. The van der Waals surface area contributed by atoms with Crippen LogP contribution in [0.4, 0.5) is 10.1 Å². The molecular weight excluding hydrogens is 573 g/mol. The molecule has 1 amide bonds. The average molecular weight is 600 g/mol. The normalized spacial score (nSPS) is 11.7. The zero-order chi connectivity index (χ0) is 30.5. The van der Waals surface area contributed by atoms with Crippen molar-refractivity contribution in [2.45, 2.75) is 0 Å². The minimum Gasteiger partial charge on any atom is -0.494 e. The molecule has 2 aromatic carbocycles. The Morgan fingerprint density at radius 2 is 1.81 bits per heavy atom. The molecule has 0 aliphatic carbocycles. The maximum absolute atomic E-state index is 13.7. The van der Waals surface area contributed by atoms with Crippen molar-refractivity contribution >= 4 is 38.1 Å². The van der Waals surface area contributed by atoms with Gasteiger partial charge in [0.05, 0.1) is 35.8 Å². The predicted octanol–water partition coefficient (Wildman–Crippen LogP) is 5.38. The molecule has 12 heteroatoms. The summed E-state index contributed by atoms with van der Waals surface area (Å²) in [5, 5.41) is 7.70. The van der Waals surface area contributed by atoms with Gasteiger partial charge in [-0.2, -0.15) is 5.10 Å². The van der Waals surface area contributed by atoms with Gasteiger partial charge in [0, 0.05) is 42.9 Å². The number of methoxy groups -OCH3 is 1. The van der Waals surface area contributed by atoms with Crippen molar-refractivity contribution < 1.29 is 26.8 Å². The molecule has 0 fully saturated rings. The van der Waals surface area contributed by atoms with Crippen molar-refractivity contribution in [2.75, 3.05) is 31.8 Å². The van der Waals surface area contributed by atoms with E-state index in [-0.39, 0.29) is 22.6 Å². The molecule has 0 aliphatic heterocycles. The number of halogens is 1. The number of nitrogens with zero attached hydrogens (tertiary/aromatic N) is 4. The summed E-state index contributed by atoms with van der Waals surface area (Å²) in [5.41, 5.74) is 3.92. The molecular formula is C31H26FN5O5S. The standard InChI is InChI=1S/C31H26FN5O5S/c1-33-31(38)28-22-16-21(23-12-13-26(41-3)29(34-23)24-15-20-7-5-6-14-37(20)35-24)25(36(2)43(4,39)40)17-27(22)42-30(28)18-8-10-19(32)11-9-18/h5-17H,1-4H3,(H,33,38). The Labute approximate surface area is 246 Å². The van der Waals surface area contributed by atoms with Crippen molar-refractivity contribution in [3.8, 4) is 39.7 Å². The van der Waals surface area contributed by atoms with Gasteiger partial charge in [-0.15, -0.1) is 0 Å². The molecule has 6 aromatic rings. The lowest BCUT2D eigenvalue weighted by Gasteiger charge is -2.20. The summed E-state index contributed by atoms with van der Waals surface area (Å²) in [6, 6.07) is 19.8. The first-order chi connectivity index (χ1) is 20.6. The number of ether oxygens (including phenoxy) is 1. The van der Waals surface area contributed by atoms with E-state index in [1.165, 1.54) is 45.5 Å². The summed E-state index contributed by atoms with van der Waals surface area (Å²) >= 11 is 0. The van der Waals surface area contributed by atoms with Gasteiger partial charge in [-0.25, -0.2) is 22.3 Å². The van der Waals surface area contributed by atoms with Crippen molar-refractivity contribution in [1.82, 2.24) is 19.9 Å². The van der Waals surface area contributed by atoms with E-state index in [0.717, 1.165) is 16.1 Å². The number of pyridine rings is 2. The highest BCUT2D eigenvalue weighted by Gasteiger charge is 2.27. The largest absolute Gasteiger partial charge is 0.494 e. The van der Waals surface area contributed by atoms with Gasteiger partial charge in [-0.1, -0.05) is 6.07 Å². The van der Waals surface area contributed by atoms with Crippen LogP contribution in [0, 0.1) is 5.82 Å². The van der Waals surface area contributed by atoms with E-state index in [9.17, 15) is 17.6 Å². The van der Waals surface area contributed by atoms with Crippen LogP contribution in [0.25, 0.3) is 50.5 Å². The lowest BCUT2D eigenvalue weighted by molar-refractivity contribution is 0.0964. The molecule has 4 aromatic heterocycles. The Morgan fingerprint density at radius 3 is 2.49 bits per heavy atom. The Morgan fingerprint density at radius 1 is 1.05 bits per heavy atom. The SMILES string of the molecule is CNC(=O)c1c(-c2ccc(F)cc2)oc2cc(N(C)S(C)(=O)=O)c(-c3ccc(OC)c(-c4cc5ccccn5n4)n3)cc12. The molecule has 0 radical (unpaired) electrons. The molecule has 10 nitrogen and oxygen atoms in total. The number of anilines is 1. The first-order valence-electron chi connectivity index (χ1n) is 13.1. The summed E-state index contributed by atoms with van der Waals surface area (Å²) in [5.74, 6) is -0.180. The maximum atomic E-state index is 13.7. The van der Waals surface area contributed by atoms with E-state index < -0.39 is 21.7 Å². The zero-order valence-electron chi connectivity index (χ0n) is 23.6.